The summed E-state index contributed by atoms with van der Waals surface area (Å²) >= 11 is 0. The fourth-order valence-corrected chi connectivity index (χ4v) is 2.09. The van der Waals surface area contributed by atoms with Crippen molar-refractivity contribution >= 4 is 10.9 Å². The Morgan fingerprint density at radius 3 is 2.79 bits per heavy atom. The van der Waals surface area contributed by atoms with Crippen molar-refractivity contribution in [3.8, 4) is 6.07 Å². The first-order valence-electron chi connectivity index (χ1n) is 6.49. The number of fused-ring (bicyclic) bond motifs is 1. The number of nitrogens with one attached hydrogen (secondary N) is 1. The summed E-state index contributed by atoms with van der Waals surface area (Å²) in [5, 5.41) is 13.5. The predicted octanol–water partition coefficient (Wildman–Crippen LogP) is 3.18. The van der Waals surface area contributed by atoms with Crippen LogP contribution < -0.4 is 5.32 Å². The first-order valence-corrected chi connectivity index (χ1v) is 6.49. The molecule has 19 heavy (non-hydrogen) atoms. The minimum absolute atomic E-state index is 0.335. The van der Waals surface area contributed by atoms with E-state index in [0.29, 0.717) is 6.54 Å². The molecule has 0 amide bonds. The molecule has 0 radical (unpaired) electrons. The Hall–Kier alpha value is -1.92. The van der Waals surface area contributed by atoms with Gasteiger partial charge in [0.1, 0.15) is 0 Å². The van der Waals surface area contributed by atoms with Crippen molar-refractivity contribution in [2.75, 3.05) is 6.54 Å². The van der Waals surface area contributed by atoms with Crippen LogP contribution >= 0.6 is 0 Å². The second kappa shape index (κ2) is 5.38. The SMILES string of the molecule is Cc1cc(CNCC(C)(C)C#N)c2ccccc2n1. The summed E-state index contributed by atoms with van der Waals surface area (Å²) in [4.78, 5) is 4.53. The van der Waals surface area contributed by atoms with E-state index in [1.807, 2.05) is 39.0 Å². The van der Waals surface area contributed by atoms with Crippen LogP contribution in [0.4, 0.5) is 0 Å². The molecule has 0 unspecified atom stereocenters. The van der Waals surface area contributed by atoms with E-state index in [2.05, 4.69) is 28.5 Å². The van der Waals surface area contributed by atoms with E-state index in [1.165, 1.54) is 10.9 Å². The third kappa shape index (κ3) is 3.30. The van der Waals surface area contributed by atoms with E-state index in [-0.39, 0.29) is 5.41 Å². The lowest BCUT2D eigenvalue weighted by molar-refractivity contribution is 0.445. The number of para-hydroxylation sites is 1. The van der Waals surface area contributed by atoms with Gasteiger partial charge >= 0.3 is 0 Å². The van der Waals surface area contributed by atoms with Crippen LogP contribution in [0.15, 0.2) is 30.3 Å². The van der Waals surface area contributed by atoms with Gasteiger partial charge in [0, 0.05) is 24.2 Å². The van der Waals surface area contributed by atoms with Crippen molar-refractivity contribution in [3.05, 3.63) is 41.6 Å². The molecule has 3 nitrogen and oxygen atoms in total. The quantitative estimate of drug-likeness (QED) is 0.910. The molecule has 0 saturated heterocycles. The van der Waals surface area contributed by atoms with Crippen molar-refractivity contribution in [2.45, 2.75) is 27.3 Å². The second-order valence-corrected chi connectivity index (χ2v) is 5.54. The van der Waals surface area contributed by atoms with Crippen molar-refractivity contribution in [3.63, 3.8) is 0 Å². The summed E-state index contributed by atoms with van der Waals surface area (Å²) in [5.41, 5.74) is 2.95. The van der Waals surface area contributed by atoms with Gasteiger partial charge in [-0.05, 0) is 38.5 Å². The normalized spacial score (nSPS) is 11.5. The lowest BCUT2D eigenvalue weighted by Gasteiger charge is -2.16. The van der Waals surface area contributed by atoms with Gasteiger partial charge in [0.05, 0.1) is 17.0 Å². The number of nitriles is 1. The molecular formula is C16H19N3. The average Bonchev–Trinajstić information content (AvgIpc) is 2.38. The summed E-state index contributed by atoms with van der Waals surface area (Å²) < 4.78 is 0. The number of hydrogen-bond donors (Lipinski definition) is 1. The highest BCUT2D eigenvalue weighted by Crippen LogP contribution is 2.18. The number of benzene rings is 1. The van der Waals surface area contributed by atoms with Gasteiger partial charge in [-0.25, -0.2) is 0 Å². The van der Waals surface area contributed by atoms with Gasteiger partial charge in [-0.3, -0.25) is 4.98 Å². The number of rotatable bonds is 4. The van der Waals surface area contributed by atoms with Gasteiger partial charge in [-0.2, -0.15) is 5.26 Å². The molecule has 0 aliphatic rings. The van der Waals surface area contributed by atoms with Gasteiger partial charge < -0.3 is 5.32 Å². The van der Waals surface area contributed by atoms with Gasteiger partial charge in [0.15, 0.2) is 0 Å². The minimum Gasteiger partial charge on any atom is -0.311 e. The summed E-state index contributed by atoms with van der Waals surface area (Å²) in [6.45, 7) is 7.33. The molecule has 1 heterocycles. The zero-order valence-corrected chi connectivity index (χ0v) is 11.7. The summed E-state index contributed by atoms with van der Waals surface area (Å²) in [6, 6.07) is 12.6. The predicted molar refractivity (Wildman–Crippen MR) is 77.6 cm³/mol. The van der Waals surface area contributed by atoms with Crippen LogP contribution in [0.5, 0.6) is 0 Å². The van der Waals surface area contributed by atoms with Gasteiger partial charge in [0.2, 0.25) is 0 Å². The van der Waals surface area contributed by atoms with Crippen molar-refractivity contribution in [2.24, 2.45) is 5.41 Å². The smallest absolute Gasteiger partial charge is 0.0708 e. The summed E-state index contributed by atoms with van der Waals surface area (Å²) in [5.74, 6) is 0. The number of aryl methyl sites for hydroxylation is 1. The second-order valence-electron chi connectivity index (χ2n) is 5.54. The number of hydrogen-bond acceptors (Lipinski definition) is 3. The number of aromatic nitrogens is 1. The van der Waals surface area contributed by atoms with Gasteiger partial charge in [-0.1, -0.05) is 18.2 Å². The molecule has 1 aromatic carbocycles. The molecule has 0 atom stereocenters. The molecule has 0 aliphatic carbocycles. The molecule has 0 fully saturated rings. The Kier molecular flexibility index (Phi) is 3.82. The fraction of sp³-hybridized carbons (Fsp3) is 0.375. The van der Waals surface area contributed by atoms with Crippen LogP contribution in [0.2, 0.25) is 0 Å². The Morgan fingerprint density at radius 1 is 1.32 bits per heavy atom. The monoisotopic (exact) mass is 253 g/mol. The largest absolute Gasteiger partial charge is 0.311 e. The molecule has 0 saturated carbocycles. The van der Waals surface area contributed by atoms with E-state index in [4.69, 9.17) is 5.26 Å². The van der Waals surface area contributed by atoms with Gasteiger partial charge in [-0.15, -0.1) is 0 Å². The first-order chi connectivity index (χ1) is 9.02. The van der Waals surface area contributed by atoms with Crippen molar-refractivity contribution in [1.29, 1.82) is 5.26 Å². The first kappa shape index (κ1) is 13.5. The highest BCUT2D eigenvalue weighted by molar-refractivity contribution is 5.82. The maximum atomic E-state index is 9.01. The van der Waals surface area contributed by atoms with Crippen LogP contribution in [0, 0.1) is 23.7 Å². The lowest BCUT2D eigenvalue weighted by Crippen LogP contribution is -2.27. The molecule has 1 aromatic heterocycles. The Morgan fingerprint density at radius 2 is 2.05 bits per heavy atom. The zero-order valence-electron chi connectivity index (χ0n) is 11.7. The van der Waals surface area contributed by atoms with Crippen molar-refractivity contribution in [1.82, 2.24) is 10.3 Å². The van der Waals surface area contributed by atoms with E-state index >= 15 is 0 Å². The Balaban J connectivity index is 2.19. The standard InChI is InChI=1S/C16H19N3/c1-12-8-13(9-18-11-16(2,3)10-17)14-6-4-5-7-15(14)19-12/h4-8,18H,9,11H2,1-3H3. The molecule has 0 aliphatic heterocycles. The van der Waals surface area contributed by atoms with Crippen LogP contribution in [-0.2, 0) is 6.54 Å². The van der Waals surface area contributed by atoms with E-state index in [9.17, 15) is 0 Å². The Bertz CT molecular complexity index is 623. The molecule has 98 valence electrons. The molecular weight excluding hydrogens is 234 g/mol. The number of pyridine rings is 1. The molecule has 2 rings (SSSR count). The summed E-state index contributed by atoms with van der Waals surface area (Å²) in [7, 11) is 0. The fourth-order valence-electron chi connectivity index (χ4n) is 2.09. The highest BCUT2D eigenvalue weighted by atomic mass is 14.9. The molecule has 0 spiro atoms. The maximum Gasteiger partial charge on any atom is 0.0708 e. The minimum atomic E-state index is -0.335. The van der Waals surface area contributed by atoms with Crippen LogP contribution in [0.3, 0.4) is 0 Å². The third-order valence-corrected chi connectivity index (χ3v) is 3.11. The molecule has 2 aromatic rings. The lowest BCUT2D eigenvalue weighted by atomic mass is 9.96. The van der Waals surface area contributed by atoms with Crippen LogP contribution in [-0.4, -0.2) is 11.5 Å². The average molecular weight is 253 g/mol. The highest BCUT2D eigenvalue weighted by Gasteiger charge is 2.15. The third-order valence-electron chi connectivity index (χ3n) is 3.11. The number of nitrogens with zero attached hydrogens (tertiary/aromatic N) is 2. The van der Waals surface area contributed by atoms with E-state index in [0.717, 1.165) is 17.8 Å². The van der Waals surface area contributed by atoms with Crippen LogP contribution in [0.25, 0.3) is 10.9 Å². The molecule has 0 bridgehead atoms. The van der Waals surface area contributed by atoms with E-state index in [1.54, 1.807) is 0 Å². The van der Waals surface area contributed by atoms with Crippen LogP contribution in [0.1, 0.15) is 25.1 Å². The van der Waals surface area contributed by atoms with Gasteiger partial charge in [0.25, 0.3) is 0 Å². The Labute approximate surface area is 114 Å². The molecule has 1 N–H and O–H groups in total. The maximum absolute atomic E-state index is 9.01. The van der Waals surface area contributed by atoms with Crippen molar-refractivity contribution < 1.29 is 0 Å². The van der Waals surface area contributed by atoms with E-state index < -0.39 is 0 Å². The topological polar surface area (TPSA) is 48.7 Å². The molecule has 3 heteroatoms. The summed E-state index contributed by atoms with van der Waals surface area (Å²) in [6.07, 6.45) is 0. The zero-order chi connectivity index (χ0) is 13.9.